The van der Waals surface area contributed by atoms with E-state index in [0.717, 1.165) is 15.8 Å². The molecule has 1 saturated heterocycles. The van der Waals surface area contributed by atoms with E-state index in [2.05, 4.69) is 5.32 Å². The maximum absolute atomic E-state index is 12.5. The third kappa shape index (κ3) is 3.57. The first-order chi connectivity index (χ1) is 13.9. The van der Waals surface area contributed by atoms with Gasteiger partial charge < -0.3 is 34.9 Å². The van der Waals surface area contributed by atoms with E-state index >= 15 is 0 Å². The summed E-state index contributed by atoms with van der Waals surface area (Å²) in [7, 11) is 0. The van der Waals surface area contributed by atoms with Gasteiger partial charge in [0.2, 0.25) is 0 Å². The van der Waals surface area contributed by atoms with Crippen LogP contribution in [0.2, 0.25) is 0 Å². The summed E-state index contributed by atoms with van der Waals surface area (Å²) in [5, 5.41) is 45.2. The van der Waals surface area contributed by atoms with Crippen molar-refractivity contribution in [3.8, 4) is 10.4 Å². The second kappa shape index (κ2) is 7.86. The SMILES string of the molecule is Cc1c(-c2cccs2)c(=O)oc2cc(NC3[C@H](O)OC(CO)[C@@H](O)[C@@H]3O)ccc12. The Balaban J connectivity index is 1.66. The van der Waals surface area contributed by atoms with Crippen molar-refractivity contribution in [3.05, 3.63) is 51.7 Å². The van der Waals surface area contributed by atoms with Gasteiger partial charge in [0.25, 0.3) is 0 Å². The van der Waals surface area contributed by atoms with Crippen LogP contribution in [0.4, 0.5) is 5.69 Å². The van der Waals surface area contributed by atoms with Crippen LogP contribution in [-0.2, 0) is 4.74 Å². The Morgan fingerprint density at radius 3 is 2.66 bits per heavy atom. The Labute approximate surface area is 169 Å². The predicted octanol–water partition coefficient (Wildman–Crippen LogP) is 1.04. The number of nitrogens with one attached hydrogen (secondary N) is 1. The highest BCUT2D eigenvalue weighted by Crippen LogP contribution is 2.31. The summed E-state index contributed by atoms with van der Waals surface area (Å²) >= 11 is 1.46. The molecular formula is C20H21NO7S. The van der Waals surface area contributed by atoms with Gasteiger partial charge in [0, 0.05) is 22.0 Å². The number of thiophene rings is 1. The molecule has 0 saturated carbocycles. The van der Waals surface area contributed by atoms with E-state index in [-0.39, 0.29) is 0 Å². The molecule has 2 unspecified atom stereocenters. The maximum Gasteiger partial charge on any atom is 0.345 e. The summed E-state index contributed by atoms with van der Waals surface area (Å²) in [5.41, 5.74) is 1.69. The molecule has 5 N–H and O–H groups in total. The van der Waals surface area contributed by atoms with Gasteiger partial charge in [0.1, 0.15) is 29.9 Å². The molecular weight excluding hydrogens is 398 g/mol. The van der Waals surface area contributed by atoms with Crippen LogP contribution in [0, 0.1) is 6.92 Å². The van der Waals surface area contributed by atoms with E-state index in [4.69, 9.17) is 14.3 Å². The minimum absolute atomic E-state index is 0.354. The molecule has 0 spiro atoms. The fraction of sp³-hybridized carbons (Fsp3) is 0.350. The molecule has 3 aromatic rings. The van der Waals surface area contributed by atoms with Gasteiger partial charge in [-0.1, -0.05) is 6.07 Å². The zero-order valence-electron chi connectivity index (χ0n) is 15.5. The van der Waals surface area contributed by atoms with Crippen molar-refractivity contribution in [1.82, 2.24) is 0 Å². The minimum atomic E-state index is -1.45. The fourth-order valence-corrected chi connectivity index (χ4v) is 4.41. The first kappa shape index (κ1) is 20.0. The number of benzene rings is 1. The second-order valence-corrected chi connectivity index (χ2v) is 7.92. The molecule has 1 aliphatic rings. The molecule has 3 heterocycles. The summed E-state index contributed by atoms with van der Waals surface area (Å²) in [6, 6.07) is 7.78. The van der Waals surface area contributed by atoms with Gasteiger partial charge in [0.05, 0.1) is 12.2 Å². The van der Waals surface area contributed by atoms with Crippen molar-refractivity contribution in [2.45, 2.75) is 37.6 Å². The molecule has 0 amide bonds. The van der Waals surface area contributed by atoms with E-state index in [0.29, 0.717) is 16.8 Å². The van der Waals surface area contributed by atoms with Crippen molar-refractivity contribution >= 4 is 28.0 Å². The molecule has 8 nitrogen and oxygen atoms in total. The molecule has 1 fully saturated rings. The Kier molecular flexibility index (Phi) is 5.43. The van der Waals surface area contributed by atoms with Crippen molar-refractivity contribution in [1.29, 1.82) is 0 Å². The third-order valence-corrected chi connectivity index (χ3v) is 6.06. The van der Waals surface area contributed by atoms with Gasteiger partial charge in [0.15, 0.2) is 6.29 Å². The Hall–Kier alpha value is -2.27. The molecule has 9 heteroatoms. The summed E-state index contributed by atoms with van der Waals surface area (Å²) in [4.78, 5) is 13.4. The van der Waals surface area contributed by atoms with Crippen LogP contribution in [0.15, 0.2) is 44.9 Å². The zero-order valence-corrected chi connectivity index (χ0v) is 16.3. The average molecular weight is 419 g/mol. The summed E-state index contributed by atoms with van der Waals surface area (Å²) in [6.45, 7) is 1.32. The van der Waals surface area contributed by atoms with Crippen LogP contribution in [0.25, 0.3) is 21.4 Å². The minimum Gasteiger partial charge on any atom is -0.422 e. The number of aryl methyl sites for hydroxylation is 1. The Morgan fingerprint density at radius 2 is 1.97 bits per heavy atom. The number of anilines is 1. The molecule has 5 atom stereocenters. The molecule has 1 aliphatic heterocycles. The maximum atomic E-state index is 12.5. The van der Waals surface area contributed by atoms with Crippen molar-refractivity contribution in [2.24, 2.45) is 0 Å². The van der Waals surface area contributed by atoms with E-state index < -0.39 is 42.9 Å². The lowest BCUT2D eigenvalue weighted by Crippen LogP contribution is -2.61. The predicted molar refractivity (Wildman–Crippen MR) is 108 cm³/mol. The van der Waals surface area contributed by atoms with Gasteiger partial charge >= 0.3 is 5.63 Å². The van der Waals surface area contributed by atoms with Gasteiger partial charge in [-0.2, -0.15) is 0 Å². The molecule has 4 rings (SSSR count). The summed E-state index contributed by atoms with van der Waals surface area (Å²) < 4.78 is 10.7. The number of hydrogen-bond donors (Lipinski definition) is 5. The van der Waals surface area contributed by atoms with Gasteiger partial charge in [-0.05, 0) is 36.1 Å². The highest BCUT2D eigenvalue weighted by Gasteiger charge is 2.43. The van der Waals surface area contributed by atoms with Crippen LogP contribution in [0.5, 0.6) is 0 Å². The van der Waals surface area contributed by atoms with Crippen molar-refractivity contribution in [3.63, 3.8) is 0 Å². The third-order valence-electron chi connectivity index (χ3n) is 5.17. The normalized spacial score (nSPS) is 27.3. The highest BCUT2D eigenvalue weighted by atomic mass is 32.1. The number of rotatable bonds is 4. The topological polar surface area (TPSA) is 132 Å². The number of fused-ring (bicyclic) bond motifs is 1. The van der Waals surface area contributed by atoms with Crippen molar-refractivity contribution in [2.75, 3.05) is 11.9 Å². The highest BCUT2D eigenvalue weighted by molar-refractivity contribution is 7.13. The van der Waals surface area contributed by atoms with E-state index in [9.17, 15) is 20.1 Å². The summed E-state index contributed by atoms with van der Waals surface area (Å²) in [5.74, 6) is 0. The lowest BCUT2D eigenvalue weighted by molar-refractivity contribution is -0.245. The average Bonchev–Trinajstić information content (AvgIpc) is 3.22. The van der Waals surface area contributed by atoms with Gasteiger partial charge in [-0.15, -0.1) is 11.3 Å². The number of hydrogen-bond acceptors (Lipinski definition) is 9. The van der Waals surface area contributed by atoms with Gasteiger partial charge in [-0.25, -0.2) is 4.79 Å². The van der Waals surface area contributed by atoms with Gasteiger partial charge in [-0.3, -0.25) is 0 Å². The molecule has 0 aliphatic carbocycles. The lowest BCUT2D eigenvalue weighted by Gasteiger charge is -2.40. The first-order valence-electron chi connectivity index (χ1n) is 9.09. The van der Waals surface area contributed by atoms with E-state index in [1.54, 1.807) is 18.2 Å². The van der Waals surface area contributed by atoms with Crippen LogP contribution < -0.4 is 10.9 Å². The van der Waals surface area contributed by atoms with E-state index in [1.807, 2.05) is 24.4 Å². The Bertz CT molecular complexity index is 1060. The number of aliphatic hydroxyl groups excluding tert-OH is 4. The van der Waals surface area contributed by atoms with Crippen LogP contribution in [0.3, 0.4) is 0 Å². The molecule has 0 radical (unpaired) electrons. The summed E-state index contributed by atoms with van der Waals surface area (Å²) in [6.07, 6.45) is -5.27. The van der Waals surface area contributed by atoms with Crippen molar-refractivity contribution < 1.29 is 29.6 Å². The smallest absolute Gasteiger partial charge is 0.345 e. The monoisotopic (exact) mass is 419 g/mol. The number of aliphatic hydroxyl groups is 4. The van der Waals surface area contributed by atoms with Crippen LogP contribution in [-0.4, -0.2) is 57.7 Å². The number of ether oxygens (including phenoxy) is 1. The quantitative estimate of drug-likeness (QED) is 0.396. The molecule has 1 aromatic carbocycles. The Morgan fingerprint density at radius 1 is 1.17 bits per heavy atom. The largest absolute Gasteiger partial charge is 0.422 e. The molecule has 2 aromatic heterocycles. The first-order valence-corrected chi connectivity index (χ1v) is 9.97. The van der Waals surface area contributed by atoms with Crippen LogP contribution >= 0.6 is 11.3 Å². The molecule has 0 bridgehead atoms. The standard InChI is InChI=1S/C20H21NO7S/c1-9-11-5-4-10(21-16-18(24)17(23)13(8-22)28-20(16)26)7-12(11)27-19(25)15(9)14-3-2-6-29-14/h2-7,13,16-18,20-24,26H,8H2,1H3/t13?,16?,17-,18-,20-/m1/s1. The lowest BCUT2D eigenvalue weighted by atomic mass is 9.96. The second-order valence-electron chi connectivity index (χ2n) is 6.98. The zero-order chi connectivity index (χ0) is 20.7. The van der Waals surface area contributed by atoms with E-state index in [1.165, 1.54) is 11.3 Å². The van der Waals surface area contributed by atoms with Crippen LogP contribution in [0.1, 0.15) is 5.56 Å². The molecule has 154 valence electrons. The fourth-order valence-electron chi connectivity index (χ4n) is 3.60. The molecule has 29 heavy (non-hydrogen) atoms.